The lowest BCUT2D eigenvalue weighted by Gasteiger charge is -2.25. The minimum absolute atomic E-state index is 0.430. The summed E-state index contributed by atoms with van der Waals surface area (Å²) in [6.07, 6.45) is 3.53. The van der Waals surface area contributed by atoms with Gasteiger partial charge < -0.3 is 14.6 Å². The fourth-order valence-electron chi connectivity index (χ4n) is 2.61. The van der Waals surface area contributed by atoms with Crippen molar-refractivity contribution >= 4 is 15.9 Å². The van der Waals surface area contributed by atoms with Crippen LogP contribution < -0.4 is 9.47 Å². The lowest BCUT2D eigenvalue weighted by atomic mass is 9.99. The van der Waals surface area contributed by atoms with Crippen LogP contribution in [0.1, 0.15) is 36.5 Å². The molecular weight excluding hydrogens is 284 g/mol. The summed E-state index contributed by atoms with van der Waals surface area (Å²) in [5.74, 6) is 1.51. The van der Waals surface area contributed by atoms with Gasteiger partial charge in [0.15, 0.2) is 11.5 Å². The Bertz CT molecular complexity index is 445. The van der Waals surface area contributed by atoms with Gasteiger partial charge in [-0.05, 0) is 30.9 Å². The molecule has 1 aromatic carbocycles. The normalized spacial score (nSPS) is 22.8. The quantitative estimate of drug-likeness (QED) is 0.749. The Morgan fingerprint density at radius 2 is 2.06 bits per heavy atom. The molecule has 1 aromatic rings. The average Bonchev–Trinajstić information content (AvgIpc) is 2.52. The summed E-state index contributed by atoms with van der Waals surface area (Å²) in [5.41, 5.74) is 2.12. The van der Waals surface area contributed by atoms with Gasteiger partial charge in [0.05, 0.1) is 6.10 Å². The zero-order chi connectivity index (χ0) is 11.8. The molecule has 0 saturated heterocycles. The van der Waals surface area contributed by atoms with Gasteiger partial charge in [-0.2, -0.15) is 0 Å². The molecule has 4 heteroatoms. The number of aliphatic hydroxyl groups is 1. The molecule has 1 heterocycles. The van der Waals surface area contributed by atoms with Crippen LogP contribution in [0.2, 0.25) is 0 Å². The van der Waals surface area contributed by atoms with E-state index in [1.165, 1.54) is 5.56 Å². The maximum absolute atomic E-state index is 10.3. The number of benzene rings is 1. The highest BCUT2D eigenvalue weighted by Gasteiger charge is 2.27. The van der Waals surface area contributed by atoms with Gasteiger partial charge in [0.2, 0.25) is 0 Å². The molecule has 1 atom stereocenters. The van der Waals surface area contributed by atoms with Gasteiger partial charge in [-0.15, -0.1) is 0 Å². The summed E-state index contributed by atoms with van der Waals surface area (Å²) in [4.78, 5) is 0. The zero-order valence-electron chi connectivity index (χ0n) is 9.54. The largest absolute Gasteiger partial charge is 0.486 e. The van der Waals surface area contributed by atoms with Crippen LogP contribution >= 0.6 is 15.9 Å². The van der Waals surface area contributed by atoms with Crippen LogP contribution in [0.15, 0.2) is 10.5 Å². The molecule has 1 aliphatic carbocycles. The van der Waals surface area contributed by atoms with Crippen molar-refractivity contribution in [3.8, 4) is 11.5 Å². The summed E-state index contributed by atoms with van der Waals surface area (Å²) in [5, 5.41) is 10.3. The second-order valence-corrected chi connectivity index (χ2v) is 5.39. The molecule has 0 spiro atoms. The van der Waals surface area contributed by atoms with Gasteiger partial charge in [-0.1, -0.05) is 22.4 Å². The first-order valence-electron chi connectivity index (χ1n) is 6.06. The lowest BCUT2D eigenvalue weighted by molar-refractivity contribution is 0.140. The molecule has 1 N–H and O–H groups in total. The first-order valence-corrected chi connectivity index (χ1v) is 6.85. The number of ether oxygens (including phenoxy) is 2. The van der Waals surface area contributed by atoms with Crippen molar-refractivity contribution in [3.05, 3.63) is 21.7 Å². The maximum atomic E-state index is 10.3. The summed E-state index contributed by atoms with van der Waals surface area (Å²) in [6.45, 7) is 1.14. The molecule has 0 amide bonds. The lowest BCUT2D eigenvalue weighted by Crippen LogP contribution is -2.18. The fourth-order valence-corrected chi connectivity index (χ4v) is 3.23. The van der Waals surface area contributed by atoms with E-state index in [1.807, 2.05) is 6.07 Å². The van der Waals surface area contributed by atoms with E-state index in [0.717, 1.165) is 47.2 Å². The van der Waals surface area contributed by atoms with Crippen LogP contribution in [0.3, 0.4) is 0 Å². The number of halogens is 1. The van der Waals surface area contributed by atoms with E-state index in [2.05, 4.69) is 15.9 Å². The van der Waals surface area contributed by atoms with E-state index in [-0.39, 0.29) is 0 Å². The van der Waals surface area contributed by atoms with E-state index >= 15 is 0 Å². The van der Waals surface area contributed by atoms with Crippen molar-refractivity contribution in [2.45, 2.75) is 31.8 Å². The summed E-state index contributed by atoms with van der Waals surface area (Å²) in [6, 6.07) is 1.96. The monoisotopic (exact) mass is 298 g/mol. The Labute approximate surface area is 109 Å². The van der Waals surface area contributed by atoms with Crippen molar-refractivity contribution in [1.82, 2.24) is 0 Å². The number of hydrogen-bond acceptors (Lipinski definition) is 3. The first kappa shape index (κ1) is 11.4. The first-order chi connectivity index (χ1) is 8.27. The van der Waals surface area contributed by atoms with E-state index in [1.54, 1.807) is 0 Å². The van der Waals surface area contributed by atoms with Gasteiger partial charge in [-0.25, -0.2) is 0 Å². The third-order valence-electron chi connectivity index (χ3n) is 3.41. The molecular formula is C13H15BrO3. The van der Waals surface area contributed by atoms with E-state index in [4.69, 9.17) is 9.47 Å². The number of hydrogen-bond donors (Lipinski definition) is 1. The summed E-state index contributed by atoms with van der Waals surface area (Å²) in [7, 11) is 0. The molecule has 0 radical (unpaired) electrons. The zero-order valence-corrected chi connectivity index (χ0v) is 11.1. The molecule has 0 unspecified atom stereocenters. The molecule has 17 heavy (non-hydrogen) atoms. The van der Waals surface area contributed by atoms with Gasteiger partial charge in [0.1, 0.15) is 13.2 Å². The highest BCUT2D eigenvalue weighted by Crippen LogP contribution is 2.45. The fraction of sp³-hybridized carbons (Fsp3) is 0.538. The number of aliphatic hydroxyl groups excluding tert-OH is 1. The number of rotatable bonds is 0. The van der Waals surface area contributed by atoms with Crippen molar-refractivity contribution in [1.29, 1.82) is 0 Å². The van der Waals surface area contributed by atoms with Crippen molar-refractivity contribution < 1.29 is 14.6 Å². The van der Waals surface area contributed by atoms with Crippen LogP contribution in [-0.2, 0) is 6.42 Å². The second kappa shape index (κ2) is 4.50. The van der Waals surface area contributed by atoms with Crippen molar-refractivity contribution in [2.24, 2.45) is 0 Å². The van der Waals surface area contributed by atoms with Crippen LogP contribution in [-0.4, -0.2) is 18.3 Å². The predicted molar refractivity (Wildman–Crippen MR) is 67.6 cm³/mol. The van der Waals surface area contributed by atoms with Crippen LogP contribution in [0.25, 0.3) is 0 Å². The summed E-state index contributed by atoms with van der Waals surface area (Å²) < 4.78 is 12.3. The number of fused-ring (bicyclic) bond motifs is 3. The van der Waals surface area contributed by atoms with E-state index in [9.17, 15) is 5.11 Å². The van der Waals surface area contributed by atoms with Crippen LogP contribution in [0.4, 0.5) is 0 Å². The highest BCUT2D eigenvalue weighted by atomic mass is 79.9. The molecule has 1 aliphatic heterocycles. The van der Waals surface area contributed by atoms with E-state index in [0.29, 0.717) is 13.2 Å². The van der Waals surface area contributed by atoms with Crippen LogP contribution in [0.5, 0.6) is 11.5 Å². The average molecular weight is 299 g/mol. The third kappa shape index (κ3) is 1.93. The van der Waals surface area contributed by atoms with Crippen LogP contribution in [0, 0.1) is 0 Å². The predicted octanol–water partition coefficient (Wildman–Crippen LogP) is 2.98. The molecule has 0 bridgehead atoms. The molecule has 0 fully saturated rings. The molecule has 92 valence electrons. The third-order valence-corrected chi connectivity index (χ3v) is 4.12. The Morgan fingerprint density at radius 3 is 2.94 bits per heavy atom. The minimum Gasteiger partial charge on any atom is -0.486 e. The second-order valence-electron chi connectivity index (χ2n) is 4.54. The molecule has 0 saturated carbocycles. The molecule has 3 nitrogen and oxygen atoms in total. The van der Waals surface area contributed by atoms with Crippen molar-refractivity contribution in [3.63, 3.8) is 0 Å². The van der Waals surface area contributed by atoms with Gasteiger partial charge in [0, 0.05) is 10.0 Å². The maximum Gasteiger partial charge on any atom is 0.167 e. The minimum atomic E-state index is -0.430. The van der Waals surface area contributed by atoms with Gasteiger partial charge in [0.25, 0.3) is 0 Å². The van der Waals surface area contributed by atoms with Crippen molar-refractivity contribution in [2.75, 3.05) is 13.2 Å². The Hall–Kier alpha value is -0.740. The highest BCUT2D eigenvalue weighted by molar-refractivity contribution is 9.10. The standard InChI is InChI=1S/C13H15BrO3/c14-9-7-11-13(17-6-5-16-11)12-8(9)3-1-2-4-10(12)15/h7,10,15H,1-6H2/t10-/m0/s1. The Balaban J connectivity index is 2.19. The Morgan fingerprint density at radius 1 is 1.24 bits per heavy atom. The topological polar surface area (TPSA) is 38.7 Å². The van der Waals surface area contributed by atoms with E-state index < -0.39 is 6.10 Å². The Kier molecular flexibility index (Phi) is 3.01. The van der Waals surface area contributed by atoms with Gasteiger partial charge >= 0.3 is 0 Å². The van der Waals surface area contributed by atoms with Gasteiger partial charge in [-0.3, -0.25) is 0 Å². The smallest absolute Gasteiger partial charge is 0.167 e. The molecule has 0 aromatic heterocycles. The molecule has 2 aliphatic rings. The SMILES string of the molecule is O[C@H]1CCCCc2c(Br)cc3c(c21)OCCO3. The molecule has 3 rings (SSSR count). The summed E-state index contributed by atoms with van der Waals surface area (Å²) >= 11 is 3.58.